The summed E-state index contributed by atoms with van der Waals surface area (Å²) < 4.78 is 2.00. The predicted molar refractivity (Wildman–Crippen MR) is 121 cm³/mol. The standard InChI is InChI=1S/C25H29N3O3/c1-2-21(24(29)30)28-22-11-7-6-10-19(22)20-16-18(12-13-23(20)28)27-25(31)26-15-14-17-8-4-3-5-9-17/h3-11,18,21H,2,12-16H2,1H3,(H,29,30)(H2,26,27,31). The van der Waals surface area contributed by atoms with E-state index in [1.807, 2.05) is 47.9 Å². The quantitative estimate of drug-likeness (QED) is 0.540. The van der Waals surface area contributed by atoms with Gasteiger partial charge in [-0.15, -0.1) is 0 Å². The van der Waals surface area contributed by atoms with Crippen molar-refractivity contribution >= 4 is 22.9 Å². The maximum atomic E-state index is 12.4. The number of benzene rings is 2. The van der Waals surface area contributed by atoms with E-state index >= 15 is 0 Å². The van der Waals surface area contributed by atoms with Crippen LogP contribution in [-0.2, 0) is 24.1 Å². The molecule has 31 heavy (non-hydrogen) atoms. The van der Waals surface area contributed by atoms with Crippen molar-refractivity contribution in [3.63, 3.8) is 0 Å². The SMILES string of the molecule is CCC(C(=O)O)n1c2c(c3ccccc31)CC(NC(=O)NCCc1ccccc1)CC2. The van der Waals surface area contributed by atoms with Crippen molar-refractivity contribution in [1.82, 2.24) is 15.2 Å². The van der Waals surface area contributed by atoms with Crippen LogP contribution in [0.3, 0.4) is 0 Å². The van der Waals surface area contributed by atoms with Gasteiger partial charge < -0.3 is 20.3 Å². The third-order valence-electron chi connectivity index (χ3n) is 6.17. The second-order valence-electron chi connectivity index (χ2n) is 8.15. The Hall–Kier alpha value is -3.28. The Morgan fingerprint density at radius 3 is 2.61 bits per heavy atom. The molecule has 2 amide bonds. The van der Waals surface area contributed by atoms with Crippen LogP contribution in [-0.4, -0.2) is 34.3 Å². The first-order valence-electron chi connectivity index (χ1n) is 11.0. The summed E-state index contributed by atoms with van der Waals surface area (Å²) in [6.45, 7) is 2.50. The van der Waals surface area contributed by atoms with Crippen LogP contribution in [0, 0.1) is 0 Å². The molecule has 0 spiro atoms. The smallest absolute Gasteiger partial charge is 0.326 e. The minimum absolute atomic E-state index is 0.0355. The van der Waals surface area contributed by atoms with E-state index in [1.54, 1.807) is 0 Å². The van der Waals surface area contributed by atoms with Crippen LogP contribution in [0.5, 0.6) is 0 Å². The number of carbonyl (C=O) groups is 2. The van der Waals surface area contributed by atoms with Crippen molar-refractivity contribution < 1.29 is 14.7 Å². The lowest BCUT2D eigenvalue weighted by Crippen LogP contribution is -2.45. The van der Waals surface area contributed by atoms with Crippen molar-refractivity contribution in [2.45, 2.75) is 51.1 Å². The van der Waals surface area contributed by atoms with Gasteiger partial charge in [0.2, 0.25) is 0 Å². The van der Waals surface area contributed by atoms with Crippen LogP contribution < -0.4 is 10.6 Å². The van der Waals surface area contributed by atoms with E-state index < -0.39 is 12.0 Å². The second-order valence-corrected chi connectivity index (χ2v) is 8.15. The van der Waals surface area contributed by atoms with Gasteiger partial charge in [0.1, 0.15) is 6.04 Å². The lowest BCUT2D eigenvalue weighted by atomic mass is 9.91. The highest BCUT2D eigenvalue weighted by Gasteiger charge is 2.30. The van der Waals surface area contributed by atoms with Crippen LogP contribution >= 0.6 is 0 Å². The first-order chi connectivity index (χ1) is 15.1. The largest absolute Gasteiger partial charge is 0.480 e. The van der Waals surface area contributed by atoms with Crippen LogP contribution in [0.15, 0.2) is 54.6 Å². The topological polar surface area (TPSA) is 83.4 Å². The molecule has 4 rings (SSSR count). The van der Waals surface area contributed by atoms with Crippen molar-refractivity contribution in [2.75, 3.05) is 6.54 Å². The number of fused-ring (bicyclic) bond motifs is 3. The Labute approximate surface area is 182 Å². The molecule has 0 saturated carbocycles. The maximum absolute atomic E-state index is 12.4. The second kappa shape index (κ2) is 9.25. The number of nitrogens with zero attached hydrogens (tertiary/aromatic N) is 1. The van der Waals surface area contributed by atoms with E-state index in [4.69, 9.17) is 0 Å². The molecule has 162 valence electrons. The molecular formula is C25H29N3O3. The highest BCUT2D eigenvalue weighted by atomic mass is 16.4. The van der Waals surface area contributed by atoms with Gasteiger partial charge in [-0.1, -0.05) is 55.5 Å². The van der Waals surface area contributed by atoms with Gasteiger partial charge in [-0.2, -0.15) is 0 Å². The molecule has 1 heterocycles. The van der Waals surface area contributed by atoms with Crippen molar-refractivity contribution in [2.24, 2.45) is 0 Å². The van der Waals surface area contributed by atoms with Gasteiger partial charge in [0, 0.05) is 29.2 Å². The fraction of sp³-hybridized carbons (Fsp3) is 0.360. The number of para-hydroxylation sites is 1. The number of aliphatic carboxylic acids is 1. The minimum Gasteiger partial charge on any atom is -0.480 e. The Morgan fingerprint density at radius 1 is 1.13 bits per heavy atom. The zero-order valence-electron chi connectivity index (χ0n) is 17.8. The van der Waals surface area contributed by atoms with Crippen molar-refractivity contribution in [1.29, 1.82) is 0 Å². The normalized spacial score (nSPS) is 16.5. The summed E-state index contributed by atoms with van der Waals surface area (Å²) in [5.74, 6) is -0.802. The Balaban J connectivity index is 1.46. The summed E-state index contributed by atoms with van der Waals surface area (Å²) in [7, 11) is 0. The van der Waals surface area contributed by atoms with Crippen LogP contribution in [0.25, 0.3) is 10.9 Å². The number of nitrogens with one attached hydrogen (secondary N) is 2. The lowest BCUT2D eigenvalue weighted by Gasteiger charge is -2.26. The number of rotatable bonds is 7. The summed E-state index contributed by atoms with van der Waals surface area (Å²) in [4.78, 5) is 24.3. The molecule has 1 aliphatic rings. The molecule has 1 aliphatic carbocycles. The molecule has 0 aliphatic heterocycles. The van der Waals surface area contributed by atoms with Gasteiger partial charge in [-0.3, -0.25) is 0 Å². The van der Waals surface area contributed by atoms with E-state index in [0.29, 0.717) is 19.4 Å². The van der Waals surface area contributed by atoms with Gasteiger partial charge >= 0.3 is 12.0 Å². The molecule has 0 bridgehead atoms. The van der Waals surface area contributed by atoms with Crippen LogP contribution in [0.1, 0.15) is 42.6 Å². The predicted octanol–water partition coefficient (Wildman–Crippen LogP) is 4.08. The number of carboxylic acid groups (broad SMARTS) is 1. The van der Waals surface area contributed by atoms with Crippen LogP contribution in [0.2, 0.25) is 0 Å². The number of carbonyl (C=O) groups excluding carboxylic acids is 1. The summed E-state index contributed by atoms with van der Waals surface area (Å²) in [5, 5.41) is 16.9. The number of hydrogen-bond acceptors (Lipinski definition) is 2. The summed E-state index contributed by atoms with van der Waals surface area (Å²) in [5.41, 5.74) is 4.42. The van der Waals surface area contributed by atoms with Gasteiger partial charge in [0.25, 0.3) is 0 Å². The van der Waals surface area contributed by atoms with Gasteiger partial charge in [0.05, 0.1) is 0 Å². The molecule has 6 nitrogen and oxygen atoms in total. The molecule has 0 saturated heterocycles. The average Bonchev–Trinajstić information content (AvgIpc) is 3.09. The molecule has 3 N–H and O–H groups in total. The molecule has 1 aromatic heterocycles. The molecule has 2 atom stereocenters. The van der Waals surface area contributed by atoms with E-state index in [2.05, 4.69) is 28.8 Å². The molecule has 0 fully saturated rings. The highest BCUT2D eigenvalue weighted by molar-refractivity contribution is 5.88. The van der Waals surface area contributed by atoms with Gasteiger partial charge in [0.15, 0.2) is 0 Å². The first kappa shape index (κ1) is 21.0. The molecule has 0 radical (unpaired) electrons. The zero-order valence-corrected chi connectivity index (χ0v) is 17.8. The molecule has 3 aromatic rings. The number of aromatic nitrogens is 1. The summed E-state index contributed by atoms with van der Waals surface area (Å²) in [6.07, 6.45) is 3.59. The maximum Gasteiger partial charge on any atom is 0.326 e. The van der Waals surface area contributed by atoms with E-state index in [9.17, 15) is 14.7 Å². The zero-order chi connectivity index (χ0) is 21.8. The first-order valence-corrected chi connectivity index (χ1v) is 11.0. The molecule has 6 heteroatoms. The third-order valence-corrected chi connectivity index (χ3v) is 6.17. The van der Waals surface area contributed by atoms with Gasteiger partial charge in [-0.05, 0) is 49.3 Å². The Bertz CT molecular complexity index is 1070. The summed E-state index contributed by atoms with van der Waals surface area (Å²) >= 11 is 0. The number of amides is 2. The third kappa shape index (κ3) is 4.43. The fourth-order valence-electron chi connectivity index (χ4n) is 4.69. The fourth-order valence-corrected chi connectivity index (χ4v) is 4.69. The molecule has 2 aromatic carbocycles. The minimum atomic E-state index is -0.802. The number of carboxylic acids is 1. The molecule has 2 unspecified atom stereocenters. The summed E-state index contributed by atoms with van der Waals surface area (Å²) in [6, 6.07) is 17.4. The molecular weight excluding hydrogens is 390 g/mol. The van der Waals surface area contributed by atoms with E-state index in [0.717, 1.165) is 41.4 Å². The lowest BCUT2D eigenvalue weighted by molar-refractivity contribution is -0.140. The Kier molecular flexibility index (Phi) is 6.26. The monoisotopic (exact) mass is 419 g/mol. The highest BCUT2D eigenvalue weighted by Crippen LogP contribution is 2.35. The van der Waals surface area contributed by atoms with Gasteiger partial charge in [-0.25, -0.2) is 9.59 Å². The van der Waals surface area contributed by atoms with E-state index in [-0.39, 0.29) is 12.1 Å². The average molecular weight is 420 g/mol. The number of hydrogen-bond donors (Lipinski definition) is 3. The number of urea groups is 1. The van der Waals surface area contributed by atoms with Crippen molar-refractivity contribution in [3.05, 3.63) is 71.4 Å². The van der Waals surface area contributed by atoms with Crippen LogP contribution in [0.4, 0.5) is 4.79 Å². The Morgan fingerprint density at radius 2 is 1.87 bits per heavy atom. The van der Waals surface area contributed by atoms with E-state index in [1.165, 1.54) is 5.56 Å². The van der Waals surface area contributed by atoms with Crippen molar-refractivity contribution in [3.8, 4) is 0 Å².